The highest BCUT2D eigenvalue weighted by molar-refractivity contribution is 5.03. The molecule has 4 atom stereocenters. The predicted molar refractivity (Wildman–Crippen MR) is 32.0 cm³/mol. The molecule has 0 spiro atoms. The van der Waals surface area contributed by atoms with Crippen molar-refractivity contribution in [2.24, 2.45) is 0 Å². The van der Waals surface area contributed by atoms with E-state index in [4.69, 9.17) is 0 Å². The quantitative estimate of drug-likeness (QED) is 0.387. The molecule has 2 heterocycles. The average Bonchev–Trinajstić information content (AvgIpc) is 2.37. The molecule has 3 N–H and O–H groups in total. The van der Waals surface area contributed by atoms with Crippen molar-refractivity contribution in [2.75, 3.05) is 0 Å². The molecule has 0 radical (unpaired) electrons. The zero-order valence-corrected chi connectivity index (χ0v) is 5.12. The van der Waals surface area contributed by atoms with Crippen LogP contribution in [0.5, 0.6) is 0 Å². The Kier molecular flexibility index (Phi) is 1.06. The van der Waals surface area contributed by atoms with Crippen molar-refractivity contribution in [1.82, 2.24) is 5.32 Å². The Morgan fingerprint density at radius 2 is 1.44 bits per heavy atom. The molecule has 3 nitrogen and oxygen atoms in total. The van der Waals surface area contributed by atoms with Crippen molar-refractivity contribution in [3.63, 3.8) is 0 Å². The maximum absolute atomic E-state index is 9.18. The van der Waals surface area contributed by atoms with Gasteiger partial charge in [0, 0.05) is 12.1 Å². The van der Waals surface area contributed by atoms with Gasteiger partial charge < -0.3 is 15.5 Å². The van der Waals surface area contributed by atoms with Gasteiger partial charge in [-0.1, -0.05) is 0 Å². The van der Waals surface area contributed by atoms with E-state index in [2.05, 4.69) is 5.32 Å². The van der Waals surface area contributed by atoms with Gasteiger partial charge in [0.25, 0.3) is 0 Å². The van der Waals surface area contributed by atoms with Crippen molar-refractivity contribution in [3.05, 3.63) is 0 Å². The number of rotatable bonds is 0. The van der Waals surface area contributed by atoms with Gasteiger partial charge in [0.15, 0.2) is 0 Å². The number of hydrogen-bond donors (Lipinski definition) is 3. The summed E-state index contributed by atoms with van der Waals surface area (Å²) in [6.45, 7) is 0. The van der Waals surface area contributed by atoms with Crippen LogP contribution in [0.1, 0.15) is 12.8 Å². The van der Waals surface area contributed by atoms with Crippen molar-refractivity contribution >= 4 is 0 Å². The molecule has 0 saturated carbocycles. The molecule has 2 fully saturated rings. The molecule has 2 rings (SSSR count). The molecule has 2 aliphatic heterocycles. The predicted octanol–water partition coefficient (Wildman–Crippen LogP) is -1.16. The molecule has 2 bridgehead atoms. The van der Waals surface area contributed by atoms with Gasteiger partial charge in [-0.3, -0.25) is 0 Å². The van der Waals surface area contributed by atoms with E-state index in [1.54, 1.807) is 0 Å². The molecule has 0 aliphatic carbocycles. The minimum Gasteiger partial charge on any atom is -0.389 e. The first-order chi connectivity index (χ1) is 4.29. The van der Waals surface area contributed by atoms with Gasteiger partial charge in [-0.15, -0.1) is 0 Å². The molecule has 2 unspecified atom stereocenters. The summed E-state index contributed by atoms with van der Waals surface area (Å²) in [5, 5.41) is 21.5. The van der Waals surface area contributed by atoms with Crippen molar-refractivity contribution in [3.8, 4) is 0 Å². The summed E-state index contributed by atoms with van der Waals surface area (Å²) in [4.78, 5) is 0. The molecular formula is C6H11NO2. The zero-order valence-electron chi connectivity index (χ0n) is 5.12. The first-order valence-corrected chi connectivity index (χ1v) is 3.41. The van der Waals surface area contributed by atoms with Gasteiger partial charge in [0.05, 0.1) is 12.2 Å². The fourth-order valence-electron chi connectivity index (χ4n) is 1.82. The molecule has 0 amide bonds. The fraction of sp³-hybridized carbons (Fsp3) is 1.00. The van der Waals surface area contributed by atoms with E-state index in [0.717, 1.165) is 12.8 Å². The number of hydrogen-bond acceptors (Lipinski definition) is 3. The van der Waals surface area contributed by atoms with E-state index in [9.17, 15) is 10.2 Å². The van der Waals surface area contributed by atoms with Crippen LogP contribution in [0, 0.1) is 0 Å². The second-order valence-corrected chi connectivity index (χ2v) is 2.94. The Hall–Kier alpha value is -0.120. The Bertz CT molecular complexity index is 110. The molecule has 0 aromatic heterocycles. The Morgan fingerprint density at radius 1 is 1.00 bits per heavy atom. The molecule has 2 saturated heterocycles. The van der Waals surface area contributed by atoms with Crippen LogP contribution in [0.25, 0.3) is 0 Å². The van der Waals surface area contributed by atoms with E-state index >= 15 is 0 Å². The first kappa shape index (κ1) is 5.65. The highest BCUT2D eigenvalue weighted by Crippen LogP contribution is 2.28. The summed E-state index contributed by atoms with van der Waals surface area (Å²) in [6.07, 6.45) is 1.01. The van der Waals surface area contributed by atoms with Crippen LogP contribution >= 0.6 is 0 Å². The van der Waals surface area contributed by atoms with Crippen LogP contribution in [0.15, 0.2) is 0 Å². The van der Waals surface area contributed by atoms with Crippen molar-refractivity contribution in [2.45, 2.75) is 37.1 Å². The number of aliphatic hydroxyl groups is 2. The van der Waals surface area contributed by atoms with E-state index in [0.29, 0.717) is 0 Å². The Balaban J connectivity index is 2.15. The molecule has 9 heavy (non-hydrogen) atoms. The SMILES string of the molecule is OC1[C@H](O)C2CC[C@H]1N2. The lowest BCUT2D eigenvalue weighted by atomic mass is 9.95. The lowest BCUT2D eigenvalue weighted by Gasteiger charge is -2.19. The molecule has 0 aromatic rings. The zero-order chi connectivity index (χ0) is 6.43. The van der Waals surface area contributed by atoms with Crippen LogP contribution in [0.4, 0.5) is 0 Å². The largest absolute Gasteiger partial charge is 0.389 e. The fourth-order valence-corrected chi connectivity index (χ4v) is 1.82. The highest BCUT2D eigenvalue weighted by atomic mass is 16.3. The summed E-state index contributed by atoms with van der Waals surface area (Å²) >= 11 is 0. The molecular weight excluding hydrogens is 118 g/mol. The van der Waals surface area contributed by atoms with E-state index in [1.165, 1.54) is 0 Å². The minimum atomic E-state index is -0.510. The smallest absolute Gasteiger partial charge is 0.0967 e. The normalized spacial score (nSPS) is 56.7. The monoisotopic (exact) mass is 129 g/mol. The third-order valence-electron chi connectivity index (χ3n) is 2.39. The summed E-state index contributed by atoms with van der Waals surface area (Å²) in [5.74, 6) is 0. The molecule has 52 valence electrons. The van der Waals surface area contributed by atoms with Crippen LogP contribution in [0.2, 0.25) is 0 Å². The van der Waals surface area contributed by atoms with Crippen LogP contribution < -0.4 is 5.32 Å². The molecule has 3 heteroatoms. The number of aliphatic hydroxyl groups excluding tert-OH is 2. The second-order valence-electron chi connectivity index (χ2n) is 2.94. The van der Waals surface area contributed by atoms with E-state index in [1.807, 2.05) is 0 Å². The van der Waals surface area contributed by atoms with Crippen molar-refractivity contribution < 1.29 is 10.2 Å². The van der Waals surface area contributed by atoms with Crippen LogP contribution in [-0.4, -0.2) is 34.5 Å². The summed E-state index contributed by atoms with van der Waals surface area (Å²) < 4.78 is 0. The van der Waals surface area contributed by atoms with Gasteiger partial charge in [-0.2, -0.15) is 0 Å². The van der Waals surface area contributed by atoms with Gasteiger partial charge in [-0.25, -0.2) is 0 Å². The average molecular weight is 129 g/mol. The van der Waals surface area contributed by atoms with E-state index in [-0.39, 0.29) is 12.1 Å². The third-order valence-corrected chi connectivity index (χ3v) is 2.39. The lowest BCUT2D eigenvalue weighted by Crippen LogP contribution is -2.36. The summed E-state index contributed by atoms with van der Waals surface area (Å²) in [6, 6.07) is 0.343. The molecule has 0 aromatic carbocycles. The third kappa shape index (κ3) is 0.625. The first-order valence-electron chi connectivity index (χ1n) is 3.41. The summed E-state index contributed by atoms with van der Waals surface area (Å²) in [7, 11) is 0. The van der Waals surface area contributed by atoms with Gasteiger partial charge in [0.1, 0.15) is 0 Å². The summed E-state index contributed by atoms with van der Waals surface area (Å²) in [5.41, 5.74) is 0. The number of fused-ring (bicyclic) bond motifs is 2. The van der Waals surface area contributed by atoms with Crippen molar-refractivity contribution in [1.29, 1.82) is 0 Å². The maximum atomic E-state index is 9.18. The topological polar surface area (TPSA) is 52.5 Å². The second kappa shape index (κ2) is 1.68. The van der Waals surface area contributed by atoms with Crippen LogP contribution in [0.3, 0.4) is 0 Å². The maximum Gasteiger partial charge on any atom is 0.0967 e. The Morgan fingerprint density at radius 3 is 1.67 bits per heavy atom. The van der Waals surface area contributed by atoms with Gasteiger partial charge in [-0.05, 0) is 12.8 Å². The molecule has 2 aliphatic rings. The van der Waals surface area contributed by atoms with Gasteiger partial charge >= 0.3 is 0 Å². The standard InChI is InChI=1S/C6H11NO2/c8-5-3-1-2-4(7-3)6(5)9/h3-9H,1-2H2/t3-,4?,5?,6-/m1/s1. The lowest BCUT2D eigenvalue weighted by molar-refractivity contribution is 0.0123. The highest BCUT2D eigenvalue weighted by Gasteiger charge is 2.45. The Labute approximate surface area is 53.7 Å². The number of nitrogens with one attached hydrogen (secondary N) is 1. The minimum absolute atomic E-state index is 0.171. The van der Waals surface area contributed by atoms with Gasteiger partial charge in [0.2, 0.25) is 0 Å². The van der Waals surface area contributed by atoms with Crippen LogP contribution in [-0.2, 0) is 0 Å². The van der Waals surface area contributed by atoms with E-state index < -0.39 is 12.2 Å².